The Morgan fingerprint density at radius 2 is 1.82 bits per heavy atom. The van der Waals surface area contributed by atoms with Gasteiger partial charge in [-0.15, -0.1) is 0 Å². The van der Waals surface area contributed by atoms with E-state index in [0.29, 0.717) is 12.2 Å². The van der Waals surface area contributed by atoms with Crippen LogP contribution in [0.2, 0.25) is 0 Å². The molecule has 22 heavy (non-hydrogen) atoms. The van der Waals surface area contributed by atoms with E-state index in [2.05, 4.69) is 13.0 Å². The molecule has 0 aromatic heterocycles. The van der Waals surface area contributed by atoms with E-state index in [1.807, 2.05) is 58.2 Å². The first-order chi connectivity index (χ1) is 10.5. The van der Waals surface area contributed by atoms with Crippen molar-refractivity contribution in [2.75, 3.05) is 18.6 Å². The molecule has 3 nitrogen and oxygen atoms in total. The first kappa shape index (κ1) is 16.1. The van der Waals surface area contributed by atoms with Crippen LogP contribution in [0, 0.1) is 20.8 Å². The SMILES string of the molecule is CCOc1ccc(C(=O)N(C)c2cccc(C)c2C)cc1C. The van der Waals surface area contributed by atoms with Gasteiger partial charge in [-0.3, -0.25) is 4.79 Å². The summed E-state index contributed by atoms with van der Waals surface area (Å²) in [5, 5.41) is 0. The third-order valence-electron chi connectivity index (χ3n) is 3.96. The highest BCUT2D eigenvalue weighted by Gasteiger charge is 2.16. The maximum absolute atomic E-state index is 12.7. The largest absolute Gasteiger partial charge is 0.494 e. The second-order valence-corrected chi connectivity index (χ2v) is 5.50. The van der Waals surface area contributed by atoms with Crippen molar-refractivity contribution in [1.29, 1.82) is 0 Å². The average molecular weight is 297 g/mol. The smallest absolute Gasteiger partial charge is 0.258 e. The molecule has 0 aliphatic rings. The fourth-order valence-electron chi connectivity index (χ4n) is 2.50. The molecule has 0 N–H and O–H groups in total. The Morgan fingerprint density at radius 1 is 1.09 bits per heavy atom. The van der Waals surface area contributed by atoms with Crippen molar-refractivity contribution in [1.82, 2.24) is 0 Å². The van der Waals surface area contributed by atoms with Gasteiger partial charge < -0.3 is 9.64 Å². The molecule has 0 heterocycles. The van der Waals surface area contributed by atoms with Gasteiger partial charge in [0.25, 0.3) is 5.91 Å². The number of aryl methyl sites for hydroxylation is 2. The lowest BCUT2D eigenvalue weighted by atomic mass is 10.1. The van der Waals surface area contributed by atoms with Crippen LogP contribution in [-0.2, 0) is 0 Å². The van der Waals surface area contributed by atoms with Gasteiger partial charge in [-0.25, -0.2) is 0 Å². The van der Waals surface area contributed by atoms with Crippen LogP contribution < -0.4 is 9.64 Å². The summed E-state index contributed by atoms with van der Waals surface area (Å²) < 4.78 is 5.53. The normalized spacial score (nSPS) is 10.4. The van der Waals surface area contributed by atoms with E-state index in [1.54, 1.807) is 4.90 Å². The molecule has 0 atom stereocenters. The molecule has 0 saturated heterocycles. The number of nitrogens with zero attached hydrogens (tertiary/aromatic N) is 1. The lowest BCUT2D eigenvalue weighted by molar-refractivity contribution is 0.0992. The van der Waals surface area contributed by atoms with E-state index < -0.39 is 0 Å². The highest BCUT2D eigenvalue weighted by atomic mass is 16.5. The highest BCUT2D eigenvalue weighted by Crippen LogP contribution is 2.25. The lowest BCUT2D eigenvalue weighted by Gasteiger charge is -2.21. The predicted molar refractivity (Wildman–Crippen MR) is 91.0 cm³/mol. The van der Waals surface area contributed by atoms with Gasteiger partial charge in [0.1, 0.15) is 5.75 Å². The minimum Gasteiger partial charge on any atom is -0.494 e. The molecule has 0 saturated carbocycles. The number of ether oxygens (including phenoxy) is 1. The Labute approximate surface area is 132 Å². The maximum atomic E-state index is 12.7. The van der Waals surface area contributed by atoms with Crippen LogP contribution in [0.25, 0.3) is 0 Å². The number of hydrogen-bond acceptors (Lipinski definition) is 2. The summed E-state index contributed by atoms with van der Waals surface area (Å²) in [6.07, 6.45) is 0. The first-order valence-electron chi connectivity index (χ1n) is 7.53. The van der Waals surface area contributed by atoms with Crippen molar-refractivity contribution in [3.8, 4) is 5.75 Å². The van der Waals surface area contributed by atoms with E-state index in [4.69, 9.17) is 4.74 Å². The summed E-state index contributed by atoms with van der Waals surface area (Å²) in [5.74, 6) is 0.813. The second kappa shape index (κ2) is 6.65. The van der Waals surface area contributed by atoms with Gasteiger partial charge in [0.05, 0.1) is 6.61 Å². The third kappa shape index (κ3) is 3.14. The Hall–Kier alpha value is -2.29. The first-order valence-corrected chi connectivity index (χ1v) is 7.53. The summed E-state index contributed by atoms with van der Waals surface area (Å²) in [6, 6.07) is 11.6. The number of amides is 1. The molecule has 0 unspecified atom stereocenters. The van der Waals surface area contributed by atoms with E-state index in [1.165, 1.54) is 5.56 Å². The molecule has 1 amide bonds. The van der Waals surface area contributed by atoms with Crippen LogP contribution in [0.4, 0.5) is 5.69 Å². The average Bonchev–Trinajstić information content (AvgIpc) is 2.51. The van der Waals surface area contributed by atoms with Crippen molar-refractivity contribution in [2.45, 2.75) is 27.7 Å². The Morgan fingerprint density at radius 3 is 2.45 bits per heavy atom. The van der Waals surface area contributed by atoms with Crippen LogP contribution in [0.15, 0.2) is 36.4 Å². The van der Waals surface area contributed by atoms with Gasteiger partial charge in [0.15, 0.2) is 0 Å². The van der Waals surface area contributed by atoms with E-state index in [0.717, 1.165) is 22.6 Å². The molecule has 0 aliphatic heterocycles. The zero-order valence-electron chi connectivity index (χ0n) is 13.9. The topological polar surface area (TPSA) is 29.5 Å². The molecule has 2 aromatic rings. The van der Waals surface area contributed by atoms with Crippen LogP contribution in [0.5, 0.6) is 5.75 Å². The number of anilines is 1. The predicted octanol–water partition coefficient (Wildman–Crippen LogP) is 4.29. The fourth-order valence-corrected chi connectivity index (χ4v) is 2.50. The number of hydrogen-bond donors (Lipinski definition) is 0. The minimum atomic E-state index is -0.0140. The summed E-state index contributed by atoms with van der Waals surface area (Å²) >= 11 is 0. The minimum absolute atomic E-state index is 0.0140. The van der Waals surface area contributed by atoms with Crippen LogP contribution in [0.3, 0.4) is 0 Å². The molecule has 0 aliphatic carbocycles. The second-order valence-electron chi connectivity index (χ2n) is 5.50. The van der Waals surface area contributed by atoms with Crippen molar-refractivity contribution < 1.29 is 9.53 Å². The van der Waals surface area contributed by atoms with Crippen LogP contribution >= 0.6 is 0 Å². The molecular formula is C19H23NO2. The summed E-state index contributed by atoms with van der Waals surface area (Å²) in [7, 11) is 1.82. The Balaban J connectivity index is 2.31. The van der Waals surface area contributed by atoms with Gasteiger partial charge in [-0.2, -0.15) is 0 Å². The lowest BCUT2D eigenvalue weighted by Crippen LogP contribution is -2.27. The van der Waals surface area contributed by atoms with Crippen molar-refractivity contribution in [3.63, 3.8) is 0 Å². The van der Waals surface area contributed by atoms with Crippen LogP contribution in [0.1, 0.15) is 34.0 Å². The van der Waals surface area contributed by atoms with Gasteiger partial charge in [0.2, 0.25) is 0 Å². The zero-order chi connectivity index (χ0) is 16.3. The highest BCUT2D eigenvalue weighted by molar-refractivity contribution is 6.06. The molecular weight excluding hydrogens is 274 g/mol. The Kier molecular flexibility index (Phi) is 4.86. The van der Waals surface area contributed by atoms with Crippen molar-refractivity contribution in [2.24, 2.45) is 0 Å². The number of carbonyl (C=O) groups excluding carboxylic acids is 1. The standard InChI is InChI=1S/C19H23NO2/c1-6-22-18-11-10-16(12-14(18)3)19(21)20(5)17-9-7-8-13(2)15(17)4/h7-12H,6H2,1-5H3. The van der Waals surface area contributed by atoms with Crippen LogP contribution in [-0.4, -0.2) is 19.6 Å². The molecule has 0 bridgehead atoms. The quantitative estimate of drug-likeness (QED) is 0.842. The van der Waals surface area contributed by atoms with E-state index in [-0.39, 0.29) is 5.91 Å². The molecule has 3 heteroatoms. The molecule has 2 rings (SSSR count). The number of benzene rings is 2. The molecule has 116 valence electrons. The van der Waals surface area contributed by atoms with E-state index >= 15 is 0 Å². The Bertz CT molecular complexity index is 692. The molecule has 0 fully saturated rings. The maximum Gasteiger partial charge on any atom is 0.258 e. The third-order valence-corrected chi connectivity index (χ3v) is 3.96. The van der Waals surface area contributed by atoms with Gasteiger partial charge in [-0.1, -0.05) is 12.1 Å². The van der Waals surface area contributed by atoms with Crippen molar-refractivity contribution in [3.05, 3.63) is 58.7 Å². The monoisotopic (exact) mass is 297 g/mol. The van der Waals surface area contributed by atoms with Gasteiger partial charge >= 0.3 is 0 Å². The van der Waals surface area contributed by atoms with E-state index in [9.17, 15) is 4.79 Å². The zero-order valence-corrected chi connectivity index (χ0v) is 13.9. The number of carbonyl (C=O) groups is 1. The molecule has 0 radical (unpaired) electrons. The summed E-state index contributed by atoms with van der Waals surface area (Å²) in [6.45, 7) is 8.62. The van der Waals surface area contributed by atoms with Gasteiger partial charge in [0, 0.05) is 18.3 Å². The molecule has 2 aromatic carbocycles. The molecule has 0 spiro atoms. The fraction of sp³-hybridized carbons (Fsp3) is 0.316. The van der Waals surface area contributed by atoms with Crippen molar-refractivity contribution >= 4 is 11.6 Å². The summed E-state index contributed by atoms with van der Waals surface area (Å²) in [5.41, 5.74) is 4.89. The van der Waals surface area contributed by atoms with Gasteiger partial charge in [-0.05, 0) is 68.7 Å². The summed E-state index contributed by atoms with van der Waals surface area (Å²) in [4.78, 5) is 14.4. The number of rotatable bonds is 4.